The fourth-order valence-electron chi connectivity index (χ4n) is 9.28. The molecule has 6 aliphatic rings. The summed E-state index contributed by atoms with van der Waals surface area (Å²) in [5.41, 5.74) is 8.38. The van der Waals surface area contributed by atoms with Gasteiger partial charge in [-0.15, -0.1) is 0 Å². The summed E-state index contributed by atoms with van der Waals surface area (Å²) in [5, 5.41) is 13.9. The number of nitrogens with zero attached hydrogens (tertiary/aromatic N) is 2. The van der Waals surface area contributed by atoms with Crippen molar-refractivity contribution in [3.05, 3.63) is 136 Å². The van der Waals surface area contributed by atoms with E-state index >= 15 is 0 Å². The number of anilines is 2. The number of hydrogen-bond acceptors (Lipinski definition) is 8. The number of rotatable bonds is 6. The Balaban J connectivity index is 0.921. The number of benzene rings is 2. The average Bonchev–Trinajstić information content (AvgIpc) is 3.59. The van der Waals surface area contributed by atoms with E-state index in [1.807, 2.05) is 54.6 Å². The molecule has 2 aromatic carbocycles. The van der Waals surface area contributed by atoms with Gasteiger partial charge in [0.1, 0.15) is 17.0 Å². The van der Waals surface area contributed by atoms with Crippen molar-refractivity contribution in [3.63, 3.8) is 0 Å². The minimum atomic E-state index is -0.760. The maximum Gasteiger partial charge on any atom is 0.258 e. The standard InChI is InChI=1S/C45H50N6O4/c1-5-30-24-32-9-6-7-10-36(32)49-39(30)37-25-33-16-20-51(38-11-8-19-46-43(38,3)40(33)55-37)42(53)31-12-14-34(15-13-31)48-41(52)35-23-29(2)26-47-44(35,4)50-27-45(28-50)17-21-54-22-18-45/h6-15,19,23,25-26,46-47,49H,5,16-18,20-22,24,27-28H2,1-4H3,(H,48,52). The molecule has 10 nitrogen and oxygen atoms in total. The number of carbonyl (C=O) groups is 2. The highest BCUT2D eigenvalue weighted by Crippen LogP contribution is 2.46. The largest absolute Gasteiger partial charge is 0.456 e. The van der Waals surface area contributed by atoms with Gasteiger partial charge in [-0.25, -0.2) is 0 Å². The summed E-state index contributed by atoms with van der Waals surface area (Å²) in [5.74, 6) is 1.38. The lowest BCUT2D eigenvalue weighted by Gasteiger charge is -2.59. The molecule has 284 valence electrons. The molecule has 0 bridgehead atoms. The van der Waals surface area contributed by atoms with E-state index in [1.165, 1.54) is 11.1 Å². The van der Waals surface area contributed by atoms with Crippen molar-refractivity contribution in [1.29, 1.82) is 0 Å². The first-order valence-corrected chi connectivity index (χ1v) is 19.7. The second-order valence-electron chi connectivity index (χ2n) is 16.3. The van der Waals surface area contributed by atoms with Gasteiger partial charge in [-0.1, -0.05) is 25.1 Å². The summed E-state index contributed by atoms with van der Waals surface area (Å²) in [7, 11) is 0. The van der Waals surface area contributed by atoms with Gasteiger partial charge in [0.15, 0.2) is 5.76 Å². The number of para-hydroxylation sites is 1. The first-order chi connectivity index (χ1) is 26.6. The normalized spacial score (nSPS) is 25.4. The quantitative estimate of drug-likeness (QED) is 0.211. The summed E-state index contributed by atoms with van der Waals surface area (Å²) in [6.45, 7) is 12.3. The third-order valence-electron chi connectivity index (χ3n) is 12.7. The second kappa shape index (κ2) is 13.5. The van der Waals surface area contributed by atoms with Crippen LogP contribution in [-0.4, -0.2) is 60.1 Å². The van der Waals surface area contributed by atoms with E-state index in [4.69, 9.17) is 9.15 Å². The third kappa shape index (κ3) is 6.03. The Morgan fingerprint density at radius 3 is 2.55 bits per heavy atom. The Bertz CT molecular complexity index is 2210. The topological polar surface area (TPSA) is 111 Å². The van der Waals surface area contributed by atoms with E-state index in [9.17, 15) is 9.59 Å². The van der Waals surface area contributed by atoms with Gasteiger partial charge < -0.3 is 35.3 Å². The monoisotopic (exact) mass is 738 g/mol. The van der Waals surface area contributed by atoms with Gasteiger partial charge >= 0.3 is 0 Å². The molecule has 3 aromatic rings. The highest BCUT2D eigenvalue weighted by molar-refractivity contribution is 6.06. The van der Waals surface area contributed by atoms with Gasteiger partial charge in [-0.05, 0) is 136 Å². The van der Waals surface area contributed by atoms with Crippen molar-refractivity contribution in [3.8, 4) is 0 Å². The molecule has 1 aromatic heterocycles. The van der Waals surface area contributed by atoms with Crippen molar-refractivity contribution in [1.82, 2.24) is 20.4 Å². The summed E-state index contributed by atoms with van der Waals surface area (Å²) < 4.78 is 12.4. The van der Waals surface area contributed by atoms with Gasteiger partial charge in [-0.2, -0.15) is 0 Å². The van der Waals surface area contributed by atoms with Gasteiger partial charge in [0.05, 0.1) is 17.0 Å². The molecule has 0 radical (unpaired) electrons. The summed E-state index contributed by atoms with van der Waals surface area (Å²) in [6, 6.07) is 17.8. The van der Waals surface area contributed by atoms with Crippen LogP contribution in [-0.2, 0) is 27.9 Å². The molecule has 55 heavy (non-hydrogen) atoms. The molecule has 2 saturated heterocycles. The van der Waals surface area contributed by atoms with Crippen LogP contribution in [0.4, 0.5) is 11.4 Å². The molecule has 6 aliphatic heterocycles. The van der Waals surface area contributed by atoms with Crippen LogP contribution < -0.4 is 21.3 Å². The van der Waals surface area contributed by atoms with E-state index in [0.29, 0.717) is 29.8 Å². The molecule has 7 heterocycles. The summed E-state index contributed by atoms with van der Waals surface area (Å²) >= 11 is 0. The highest BCUT2D eigenvalue weighted by Gasteiger charge is 2.53. The van der Waals surface area contributed by atoms with Gasteiger partial charge in [0, 0.05) is 61.4 Å². The number of ether oxygens (including phenoxy) is 1. The number of amides is 2. The third-order valence-corrected chi connectivity index (χ3v) is 12.7. The first kappa shape index (κ1) is 35.4. The van der Waals surface area contributed by atoms with Crippen LogP contribution in [0, 0.1) is 5.41 Å². The highest BCUT2D eigenvalue weighted by atomic mass is 16.5. The van der Waals surface area contributed by atoms with Gasteiger partial charge in [0.25, 0.3) is 11.8 Å². The number of carbonyl (C=O) groups excluding carboxylic acids is 2. The SMILES string of the molecule is CCC1=C(c2cc3c(o2)C2(C)NC=CC=C2N(C(=O)c2ccc(NC(=O)C4=CC(C)=CNC4(C)N4CC5(CCOCC5)C4)cc2)CC3)Nc2ccccc2C1. The lowest BCUT2D eigenvalue weighted by molar-refractivity contribution is -0.127. The minimum Gasteiger partial charge on any atom is -0.456 e. The number of fused-ring (bicyclic) bond motifs is 4. The Hall–Kier alpha value is -5.32. The Kier molecular flexibility index (Phi) is 8.66. The molecule has 2 fully saturated rings. The van der Waals surface area contributed by atoms with Crippen LogP contribution in [0.5, 0.6) is 0 Å². The van der Waals surface area contributed by atoms with Crippen molar-refractivity contribution in [2.45, 2.75) is 71.0 Å². The fourth-order valence-corrected chi connectivity index (χ4v) is 9.28. The zero-order chi connectivity index (χ0) is 38.0. The molecule has 2 unspecified atom stereocenters. The van der Waals surface area contributed by atoms with Crippen LogP contribution >= 0.6 is 0 Å². The van der Waals surface area contributed by atoms with E-state index < -0.39 is 11.2 Å². The van der Waals surface area contributed by atoms with Crippen molar-refractivity contribution in [2.75, 3.05) is 43.5 Å². The maximum absolute atomic E-state index is 14.3. The number of allylic oxidation sites excluding steroid dienone is 5. The molecule has 0 saturated carbocycles. The lowest BCUT2D eigenvalue weighted by Crippen LogP contribution is -2.71. The van der Waals surface area contributed by atoms with Crippen molar-refractivity contribution < 1.29 is 18.7 Å². The molecule has 9 rings (SSSR count). The minimum absolute atomic E-state index is 0.105. The van der Waals surface area contributed by atoms with Gasteiger partial charge in [-0.3, -0.25) is 14.5 Å². The van der Waals surface area contributed by atoms with Crippen LogP contribution in [0.15, 0.2) is 112 Å². The number of dihydropyridines is 2. The molecular formula is C45H50N6O4. The molecule has 0 aliphatic carbocycles. The zero-order valence-electron chi connectivity index (χ0n) is 32.2. The van der Waals surface area contributed by atoms with Crippen LogP contribution in [0.1, 0.15) is 80.0 Å². The van der Waals surface area contributed by atoms with Crippen LogP contribution in [0.25, 0.3) is 5.70 Å². The molecule has 10 heteroatoms. The number of nitrogens with one attached hydrogen (secondary N) is 4. The number of likely N-dealkylation sites (tertiary alicyclic amines) is 1. The maximum atomic E-state index is 14.3. The Labute approximate surface area is 323 Å². The van der Waals surface area contributed by atoms with E-state index in [0.717, 1.165) is 91.7 Å². The van der Waals surface area contributed by atoms with E-state index in [-0.39, 0.29) is 17.2 Å². The molecule has 4 N–H and O–H groups in total. The number of furan rings is 1. The summed E-state index contributed by atoms with van der Waals surface area (Å²) in [6.07, 6.45) is 14.4. The predicted octanol–water partition coefficient (Wildman–Crippen LogP) is 7.18. The van der Waals surface area contributed by atoms with Crippen molar-refractivity contribution in [2.24, 2.45) is 5.41 Å². The smallest absolute Gasteiger partial charge is 0.258 e. The first-order valence-electron chi connectivity index (χ1n) is 19.7. The average molecular weight is 739 g/mol. The van der Waals surface area contributed by atoms with Crippen LogP contribution in [0.2, 0.25) is 0 Å². The van der Waals surface area contributed by atoms with Crippen LogP contribution in [0.3, 0.4) is 0 Å². The van der Waals surface area contributed by atoms with E-state index in [1.54, 1.807) is 12.1 Å². The number of hydrogen-bond donors (Lipinski definition) is 4. The lowest BCUT2D eigenvalue weighted by atomic mass is 9.71. The molecule has 2 atom stereocenters. The summed E-state index contributed by atoms with van der Waals surface area (Å²) in [4.78, 5) is 32.5. The van der Waals surface area contributed by atoms with Crippen molar-refractivity contribution >= 4 is 28.9 Å². The van der Waals surface area contributed by atoms with E-state index in [2.05, 4.69) is 77.3 Å². The second-order valence-corrected chi connectivity index (χ2v) is 16.3. The molecule has 1 spiro atoms. The fraction of sp³-hybridized carbons (Fsp3) is 0.378. The zero-order valence-corrected chi connectivity index (χ0v) is 32.2. The molecular weight excluding hydrogens is 689 g/mol. The Morgan fingerprint density at radius 1 is 0.982 bits per heavy atom. The predicted molar refractivity (Wildman–Crippen MR) is 215 cm³/mol. The molecule has 2 amide bonds. The van der Waals surface area contributed by atoms with Gasteiger partial charge in [0.2, 0.25) is 0 Å². The Morgan fingerprint density at radius 2 is 1.76 bits per heavy atom.